The van der Waals surface area contributed by atoms with Crippen LogP contribution in [0.5, 0.6) is 0 Å². The third-order valence-electron chi connectivity index (χ3n) is 6.81. The van der Waals surface area contributed by atoms with E-state index in [2.05, 4.69) is 32.8 Å². The molecular weight excluding hydrogens is 448 g/mol. The summed E-state index contributed by atoms with van der Waals surface area (Å²) in [4.78, 5) is 26.5. The van der Waals surface area contributed by atoms with E-state index < -0.39 is 6.09 Å². The number of rotatable bonds is 11. The third kappa shape index (κ3) is 8.98. The Morgan fingerprint density at radius 3 is 2.74 bits per heavy atom. The van der Waals surface area contributed by atoms with Crippen molar-refractivity contribution in [2.45, 2.75) is 44.2 Å². The highest BCUT2D eigenvalue weighted by atomic mass is 16.5. The van der Waals surface area contributed by atoms with E-state index in [0.717, 1.165) is 64.0 Å². The molecule has 3 N–H and O–H groups in total. The lowest BCUT2D eigenvalue weighted by molar-refractivity contribution is -0.00873. The van der Waals surface area contributed by atoms with Gasteiger partial charge in [0.2, 0.25) is 0 Å². The largest absolute Gasteiger partial charge is 0.453 e. The van der Waals surface area contributed by atoms with E-state index in [9.17, 15) is 9.59 Å². The van der Waals surface area contributed by atoms with Gasteiger partial charge < -0.3 is 35.1 Å². The van der Waals surface area contributed by atoms with E-state index in [4.69, 9.17) is 9.47 Å². The van der Waals surface area contributed by atoms with Crippen LogP contribution in [0.3, 0.4) is 0 Å². The normalized spacial score (nSPS) is 22.2. The zero-order valence-electron chi connectivity index (χ0n) is 21.2. The molecule has 4 atom stereocenters. The molecule has 2 fully saturated rings. The van der Waals surface area contributed by atoms with Crippen molar-refractivity contribution in [1.29, 1.82) is 0 Å². The van der Waals surface area contributed by atoms with Crippen LogP contribution in [0.1, 0.15) is 43.8 Å². The minimum absolute atomic E-state index is 0.00847. The summed E-state index contributed by atoms with van der Waals surface area (Å²) in [6.07, 6.45) is 4.45. The number of nitrogens with zero attached hydrogens (tertiary/aromatic N) is 1. The number of urea groups is 1. The van der Waals surface area contributed by atoms with Gasteiger partial charge in [0.05, 0.1) is 19.8 Å². The zero-order chi connectivity index (χ0) is 24.9. The number of likely N-dealkylation sites (N-methyl/N-ethyl adjacent to an activating group) is 1. The van der Waals surface area contributed by atoms with Crippen molar-refractivity contribution < 1.29 is 23.8 Å². The minimum atomic E-state index is -0.471. The fourth-order valence-electron chi connectivity index (χ4n) is 5.10. The van der Waals surface area contributed by atoms with Crippen LogP contribution in [0.4, 0.5) is 9.59 Å². The molecule has 0 aromatic heterocycles. The van der Waals surface area contributed by atoms with E-state index in [1.165, 1.54) is 7.11 Å². The SMILES string of the molecule is CNC[C@H](C[C@H]1CCCOC1)NC(=O)N1CCC[C@@H]([C@@H](OCCNC(=O)OC)c2ccccc2)C1. The number of nitrogens with one attached hydrogen (secondary N) is 3. The summed E-state index contributed by atoms with van der Waals surface area (Å²) in [5.74, 6) is 0.662. The average Bonchev–Trinajstić information content (AvgIpc) is 2.89. The minimum Gasteiger partial charge on any atom is -0.453 e. The Kier molecular flexibility index (Phi) is 11.6. The van der Waals surface area contributed by atoms with E-state index in [-0.39, 0.29) is 24.1 Å². The maximum atomic E-state index is 13.3. The molecule has 0 aliphatic carbocycles. The molecule has 3 amide bonds. The summed E-state index contributed by atoms with van der Waals surface area (Å²) in [6, 6.07) is 10.2. The van der Waals surface area contributed by atoms with Crippen molar-refractivity contribution >= 4 is 12.1 Å². The molecule has 3 rings (SSSR count). The number of methoxy groups -OCH3 is 1. The highest BCUT2D eigenvalue weighted by molar-refractivity contribution is 5.74. The molecule has 35 heavy (non-hydrogen) atoms. The Labute approximate surface area is 209 Å². The number of carbonyl (C=O) groups excluding carboxylic acids is 2. The van der Waals surface area contributed by atoms with Crippen LogP contribution in [0, 0.1) is 11.8 Å². The first kappa shape index (κ1) is 27.2. The number of benzene rings is 1. The lowest BCUT2D eigenvalue weighted by atomic mass is 9.88. The van der Waals surface area contributed by atoms with Crippen LogP contribution in [0.25, 0.3) is 0 Å². The average molecular weight is 491 g/mol. The van der Waals surface area contributed by atoms with Gasteiger partial charge in [-0.15, -0.1) is 0 Å². The highest BCUT2D eigenvalue weighted by Crippen LogP contribution is 2.33. The third-order valence-corrected chi connectivity index (χ3v) is 6.81. The van der Waals surface area contributed by atoms with Crippen LogP contribution in [0.15, 0.2) is 30.3 Å². The fourth-order valence-corrected chi connectivity index (χ4v) is 5.10. The van der Waals surface area contributed by atoms with Gasteiger partial charge >= 0.3 is 12.1 Å². The molecule has 0 spiro atoms. The summed E-state index contributed by atoms with van der Waals surface area (Å²) in [5.41, 5.74) is 1.09. The van der Waals surface area contributed by atoms with Gasteiger partial charge in [-0.25, -0.2) is 9.59 Å². The van der Waals surface area contributed by atoms with Crippen molar-refractivity contribution in [2.75, 3.05) is 60.2 Å². The molecule has 0 unspecified atom stereocenters. The smallest absolute Gasteiger partial charge is 0.406 e. The predicted octanol–water partition coefficient (Wildman–Crippen LogP) is 2.93. The van der Waals surface area contributed by atoms with Crippen molar-refractivity contribution in [1.82, 2.24) is 20.9 Å². The van der Waals surface area contributed by atoms with Crippen molar-refractivity contribution in [3.8, 4) is 0 Å². The fraction of sp³-hybridized carbons (Fsp3) is 0.692. The van der Waals surface area contributed by atoms with E-state index in [1.54, 1.807) is 0 Å². The quantitative estimate of drug-likeness (QED) is 0.413. The Morgan fingerprint density at radius 2 is 2.03 bits per heavy atom. The number of ether oxygens (including phenoxy) is 3. The first-order valence-corrected chi connectivity index (χ1v) is 12.9. The molecular formula is C26H42N4O5. The van der Waals surface area contributed by atoms with E-state index in [1.807, 2.05) is 30.1 Å². The van der Waals surface area contributed by atoms with Crippen molar-refractivity contribution in [2.24, 2.45) is 11.8 Å². The predicted molar refractivity (Wildman–Crippen MR) is 134 cm³/mol. The molecule has 1 aromatic carbocycles. The van der Waals surface area contributed by atoms with Crippen LogP contribution in [0.2, 0.25) is 0 Å². The second kappa shape index (κ2) is 14.9. The Balaban J connectivity index is 1.59. The molecule has 0 saturated carbocycles. The molecule has 9 heteroatoms. The summed E-state index contributed by atoms with van der Waals surface area (Å²) >= 11 is 0. The second-order valence-corrected chi connectivity index (χ2v) is 9.49. The van der Waals surface area contributed by atoms with Crippen molar-refractivity contribution in [3.63, 3.8) is 0 Å². The number of hydrogen-bond donors (Lipinski definition) is 3. The standard InChI is InChI=1S/C26H42N4O5/c1-27-17-23(16-20-8-7-14-34-19-20)29-25(31)30-13-6-11-22(18-30)24(21-9-4-3-5-10-21)35-15-12-28-26(32)33-2/h3-5,9-10,20,22-24,27H,6-8,11-19H2,1-2H3,(H,28,32)(H,29,31)/t20-,22-,23+,24+/m1/s1. The Hall–Kier alpha value is -2.36. The number of carbonyl (C=O) groups is 2. The molecule has 9 nitrogen and oxygen atoms in total. The van der Waals surface area contributed by atoms with E-state index >= 15 is 0 Å². The van der Waals surface area contributed by atoms with Gasteiger partial charge in [0.15, 0.2) is 0 Å². The van der Waals surface area contributed by atoms with Gasteiger partial charge in [0.1, 0.15) is 0 Å². The maximum absolute atomic E-state index is 13.3. The Bertz CT molecular complexity index is 759. The first-order chi connectivity index (χ1) is 17.1. The first-order valence-electron chi connectivity index (χ1n) is 12.9. The summed E-state index contributed by atoms with van der Waals surface area (Å²) < 4.78 is 16.5. The van der Waals surface area contributed by atoms with Gasteiger partial charge in [-0.2, -0.15) is 0 Å². The van der Waals surface area contributed by atoms with Gasteiger partial charge in [-0.05, 0) is 50.6 Å². The van der Waals surface area contributed by atoms with E-state index in [0.29, 0.717) is 25.6 Å². The van der Waals surface area contributed by atoms with Gasteiger partial charge in [0.25, 0.3) is 0 Å². The van der Waals surface area contributed by atoms with Gasteiger partial charge in [0, 0.05) is 51.4 Å². The molecule has 0 bridgehead atoms. The maximum Gasteiger partial charge on any atom is 0.406 e. The topological polar surface area (TPSA) is 101 Å². The van der Waals surface area contributed by atoms with Gasteiger partial charge in [-0.1, -0.05) is 30.3 Å². The molecule has 0 radical (unpaired) electrons. The molecule has 2 aliphatic rings. The lowest BCUT2D eigenvalue weighted by Gasteiger charge is -2.38. The number of piperidine rings is 1. The van der Waals surface area contributed by atoms with Crippen LogP contribution in [-0.4, -0.2) is 83.2 Å². The number of alkyl carbamates (subject to hydrolysis) is 1. The molecule has 2 aliphatic heterocycles. The van der Waals surface area contributed by atoms with Gasteiger partial charge in [-0.3, -0.25) is 0 Å². The van der Waals surface area contributed by atoms with Crippen LogP contribution >= 0.6 is 0 Å². The monoisotopic (exact) mass is 490 g/mol. The molecule has 1 aromatic rings. The van der Waals surface area contributed by atoms with Crippen LogP contribution < -0.4 is 16.0 Å². The lowest BCUT2D eigenvalue weighted by Crippen LogP contribution is -2.52. The number of likely N-dealkylation sites (tertiary alicyclic amines) is 1. The second-order valence-electron chi connectivity index (χ2n) is 9.49. The highest BCUT2D eigenvalue weighted by Gasteiger charge is 2.32. The molecule has 2 heterocycles. The summed E-state index contributed by atoms with van der Waals surface area (Å²) in [6.45, 7) is 4.47. The molecule has 196 valence electrons. The van der Waals surface area contributed by atoms with Crippen molar-refractivity contribution in [3.05, 3.63) is 35.9 Å². The number of hydrogen-bond acceptors (Lipinski definition) is 6. The van der Waals surface area contributed by atoms with Crippen LogP contribution in [-0.2, 0) is 14.2 Å². The number of amides is 3. The summed E-state index contributed by atoms with van der Waals surface area (Å²) in [7, 11) is 3.26. The Morgan fingerprint density at radius 1 is 1.20 bits per heavy atom. The summed E-state index contributed by atoms with van der Waals surface area (Å²) in [5, 5.41) is 9.15. The zero-order valence-corrected chi connectivity index (χ0v) is 21.2. The molecule has 2 saturated heterocycles.